The molecule has 1 amide bonds. The SMILES string of the molecule is Cn1c(=O)c2c(ncn2CC(=O)Nc2ccccc2C(=O)c2ccccc2)n(C)c1=O. The first-order valence-corrected chi connectivity index (χ1v) is 9.48. The van der Waals surface area contributed by atoms with Crippen LogP contribution in [0.4, 0.5) is 5.69 Å². The van der Waals surface area contributed by atoms with E-state index in [-0.39, 0.29) is 23.5 Å². The van der Waals surface area contributed by atoms with E-state index in [0.717, 1.165) is 4.57 Å². The average molecular weight is 417 g/mol. The van der Waals surface area contributed by atoms with Gasteiger partial charge in [0.1, 0.15) is 6.54 Å². The molecule has 0 fully saturated rings. The van der Waals surface area contributed by atoms with E-state index in [4.69, 9.17) is 0 Å². The van der Waals surface area contributed by atoms with Gasteiger partial charge in [0.2, 0.25) is 5.91 Å². The Bertz CT molecular complexity index is 1430. The van der Waals surface area contributed by atoms with Crippen LogP contribution in [0, 0.1) is 0 Å². The fourth-order valence-corrected chi connectivity index (χ4v) is 3.40. The lowest BCUT2D eigenvalue weighted by Gasteiger charge is -2.11. The van der Waals surface area contributed by atoms with Crippen molar-refractivity contribution in [2.45, 2.75) is 6.54 Å². The highest BCUT2D eigenvalue weighted by Crippen LogP contribution is 2.19. The quantitative estimate of drug-likeness (QED) is 0.493. The number of benzene rings is 2. The highest BCUT2D eigenvalue weighted by Gasteiger charge is 2.18. The van der Waals surface area contributed by atoms with E-state index in [9.17, 15) is 19.2 Å². The number of rotatable bonds is 5. The molecule has 9 heteroatoms. The van der Waals surface area contributed by atoms with E-state index in [0.29, 0.717) is 16.8 Å². The van der Waals surface area contributed by atoms with Gasteiger partial charge >= 0.3 is 5.69 Å². The Balaban J connectivity index is 1.64. The number of imidazole rings is 1. The van der Waals surface area contributed by atoms with Gasteiger partial charge in [-0.15, -0.1) is 0 Å². The molecule has 4 rings (SSSR count). The van der Waals surface area contributed by atoms with E-state index in [1.165, 1.54) is 29.6 Å². The molecule has 0 saturated carbocycles. The summed E-state index contributed by atoms with van der Waals surface area (Å²) in [5, 5.41) is 2.74. The molecule has 0 aliphatic heterocycles. The molecule has 4 aromatic rings. The molecule has 2 aromatic carbocycles. The maximum absolute atomic E-state index is 12.8. The summed E-state index contributed by atoms with van der Waals surface area (Å²) in [7, 11) is 2.87. The molecule has 0 saturated heterocycles. The number of nitrogens with one attached hydrogen (secondary N) is 1. The molecular weight excluding hydrogens is 398 g/mol. The molecule has 2 heterocycles. The van der Waals surface area contributed by atoms with E-state index < -0.39 is 17.2 Å². The third kappa shape index (κ3) is 3.57. The van der Waals surface area contributed by atoms with Gasteiger partial charge in [0.25, 0.3) is 5.56 Å². The maximum Gasteiger partial charge on any atom is 0.332 e. The minimum absolute atomic E-state index is 0.147. The summed E-state index contributed by atoms with van der Waals surface area (Å²) in [4.78, 5) is 54.3. The van der Waals surface area contributed by atoms with Crippen LogP contribution >= 0.6 is 0 Å². The van der Waals surface area contributed by atoms with E-state index >= 15 is 0 Å². The van der Waals surface area contributed by atoms with Crippen molar-refractivity contribution in [3.8, 4) is 0 Å². The van der Waals surface area contributed by atoms with Crippen molar-refractivity contribution in [3.63, 3.8) is 0 Å². The van der Waals surface area contributed by atoms with Gasteiger partial charge in [0.05, 0.1) is 12.0 Å². The Morgan fingerprint density at radius 3 is 2.35 bits per heavy atom. The lowest BCUT2D eigenvalue weighted by atomic mass is 10.0. The second-order valence-electron chi connectivity index (χ2n) is 7.04. The minimum Gasteiger partial charge on any atom is -0.324 e. The lowest BCUT2D eigenvalue weighted by molar-refractivity contribution is -0.116. The van der Waals surface area contributed by atoms with Gasteiger partial charge in [-0.1, -0.05) is 42.5 Å². The van der Waals surface area contributed by atoms with Crippen molar-refractivity contribution in [3.05, 3.63) is 92.9 Å². The first-order valence-electron chi connectivity index (χ1n) is 9.48. The molecule has 0 radical (unpaired) electrons. The largest absolute Gasteiger partial charge is 0.332 e. The summed E-state index contributed by atoms with van der Waals surface area (Å²) in [6.07, 6.45) is 1.34. The van der Waals surface area contributed by atoms with Crippen LogP contribution in [0.25, 0.3) is 11.2 Å². The molecule has 0 spiro atoms. The number of carbonyl (C=O) groups is 2. The first-order chi connectivity index (χ1) is 14.9. The standard InChI is InChI=1S/C22H19N5O4/c1-25-20-18(21(30)26(2)22(25)31)27(13-23-20)12-17(28)24-16-11-7-6-10-15(16)19(29)14-8-4-3-5-9-14/h3-11,13H,12H2,1-2H3,(H,24,28). The van der Waals surface area contributed by atoms with Crippen LogP contribution < -0.4 is 16.6 Å². The Kier molecular flexibility index (Phi) is 5.08. The molecule has 1 N–H and O–H groups in total. The molecule has 156 valence electrons. The van der Waals surface area contributed by atoms with Crippen molar-refractivity contribution < 1.29 is 9.59 Å². The second-order valence-corrected chi connectivity index (χ2v) is 7.04. The van der Waals surface area contributed by atoms with Crippen molar-refractivity contribution in [2.75, 3.05) is 5.32 Å². The second kappa shape index (κ2) is 7.86. The fourth-order valence-electron chi connectivity index (χ4n) is 3.40. The Hall–Kier alpha value is -4.27. The highest BCUT2D eigenvalue weighted by molar-refractivity contribution is 6.13. The summed E-state index contributed by atoms with van der Waals surface area (Å²) < 4.78 is 3.60. The number of para-hydroxylation sites is 1. The third-order valence-corrected chi connectivity index (χ3v) is 5.01. The number of amides is 1. The van der Waals surface area contributed by atoms with Crippen LogP contribution in [0.1, 0.15) is 15.9 Å². The van der Waals surface area contributed by atoms with Crippen molar-refractivity contribution in [2.24, 2.45) is 14.1 Å². The topological polar surface area (TPSA) is 108 Å². The van der Waals surface area contributed by atoms with E-state index in [2.05, 4.69) is 10.3 Å². The van der Waals surface area contributed by atoms with E-state index in [1.54, 1.807) is 48.5 Å². The Morgan fingerprint density at radius 1 is 0.935 bits per heavy atom. The number of fused-ring (bicyclic) bond motifs is 1. The van der Waals surface area contributed by atoms with Crippen LogP contribution in [0.15, 0.2) is 70.5 Å². The number of nitrogens with zero attached hydrogens (tertiary/aromatic N) is 4. The molecule has 31 heavy (non-hydrogen) atoms. The molecule has 0 unspecified atom stereocenters. The summed E-state index contributed by atoms with van der Waals surface area (Å²) in [6.45, 7) is -0.211. The summed E-state index contributed by atoms with van der Waals surface area (Å²) in [5.41, 5.74) is 0.536. The highest BCUT2D eigenvalue weighted by atomic mass is 16.2. The summed E-state index contributed by atoms with van der Waals surface area (Å²) >= 11 is 0. The number of aromatic nitrogens is 4. The number of anilines is 1. The molecule has 0 aliphatic rings. The van der Waals surface area contributed by atoms with Gasteiger partial charge in [-0.2, -0.15) is 0 Å². The Morgan fingerprint density at radius 2 is 1.61 bits per heavy atom. The molecule has 0 aliphatic carbocycles. The van der Waals surface area contributed by atoms with Crippen molar-refractivity contribution in [1.29, 1.82) is 0 Å². The fraction of sp³-hybridized carbons (Fsp3) is 0.136. The maximum atomic E-state index is 12.8. The van der Waals surface area contributed by atoms with Gasteiger partial charge in [0, 0.05) is 25.2 Å². The van der Waals surface area contributed by atoms with Crippen LogP contribution in [0.3, 0.4) is 0 Å². The minimum atomic E-state index is -0.539. The summed E-state index contributed by atoms with van der Waals surface area (Å²) in [6, 6.07) is 15.5. The predicted molar refractivity (Wildman–Crippen MR) is 115 cm³/mol. The van der Waals surface area contributed by atoms with Crippen LogP contribution in [0.2, 0.25) is 0 Å². The molecule has 0 atom stereocenters. The first kappa shape index (κ1) is 20.0. The van der Waals surface area contributed by atoms with E-state index in [1.807, 2.05) is 6.07 Å². The van der Waals surface area contributed by atoms with Gasteiger partial charge in [0.15, 0.2) is 16.9 Å². The van der Waals surface area contributed by atoms with Crippen molar-refractivity contribution >= 4 is 28.5 Å². The third-order valence-electron chi connectivity index (χ3n) is 5.01. The molecular formula is C22H19N5O4. The zero-order chi connectivity index (χ0) is 22.1. The monoisotopic (exact) mass is 417 g/mol. The Labute approximate surface area is 176 Å². The van der Waals surface area contributed by atoms with Crippen LogP contribution in [-0.2, 0) is 25.4 Å². The van der Waals surface area contributed by atoms with Crippen molar-refractivity contribution in [1.82, 2.24) is 18.7 Å². The predicted octanol–water partition coefficient (Wildman–Crippen LogP) is 1.30. The van der Waals surface area contributed by atoms with Gasteiger partial charge in [-0.05, 0) is 12.1 Å². The number of hydrogen-bond acceptors (Lipinski definition) is 5. The molecule has 0 bridgehead atoms. The summed E-state index contributed by atoms with van der Waals surface area (Å²) in [5.74, 6) is -0.656. The number of ketones is 1. The normalized spacial score (nSPS) is 10.9. The smallest absolute Gasteiger partial charge is 0.324 e. The van der Waals surface area contributed by atoms with Gasteiger partial charge in [-0.25, -0.2) is 9.78 Å². The lowest BCUT2D eigenvalue weighted by Crippen LogP contribution is -2.37. The average Bonchev–Trinajstić information content (AvgIpc) is 3.20. The molecule has 9 nitrogen and oxygen atoms in total. The zero-order valence-corrected chi connectivity index (χ0v) is 16.9. The number of aryl methyl sites for hydroxylation is 1. The van der Waals surface area contributed by atoms with Gasteiger partial charge < -0.3 is 9.88 Å². The van der Waals surface area contributed by atoms with Gasteiger partial charge in [-0.3, -0.25) is 23.5 Å². The van der Waals surface area contributed by atoms with Crippen LogP contribution in [0.5, 0.6) is 0 Å². The number of carbonyl (C=O) groups excluding carboxylic acids is 2. The molecule has 2 aromatic heterocycles. The zero-order valence-electron chi connectivity index (χ0n) is 16.9. The number of hydrogen-bond donors (Lipinski definition) is 1. The van der Waals surface area contributed by atoms with Crippen LogP contribution in [-0.4, -0.2) is 30.4 Å².